The number of nitrogens with one attached hydrogen (secondary N) is 1. The zero-order valence-corrected chi connectivity index (χ0v) is 12.4. The lowest BCUT2D eigenvalue weighted by atomic mass is 9.88. The fraction of sp³-hybridized carbons (Fsp3) is 0.357. The minimum Gasteiger partial charge on any atom is -0.481 e. The summed E-state index contributed by atoms with van der Waals surface area (Å²) in [6.45, 7) is 3.08. The van der Waals surface area contributed by atoms with Crippen LogP contribution in [0, 0.1) is 5.41 Å². The van der Waals surface area contributed by atoms with Crippen LogP contribution in [0.3, 0.4) is 0 Å². The average Bonchev–Trinajstić information content (AvgIpc) is 2.44. The lowest BCUT2D eigenvalue weighted by molar-refractivity contribution is -0.147. The SMILES string of the molecule is CCC(C)(CNS(=O)(=O)/C=C/c1ccccc1)C(=O)O. The molecule has 0 saturated carbocycles. The second kappa shape index (κ2) is 6.67. The van der Waals surface area contributed by atoms with Crippen molar-refractivity contribution in [2.24, 2.45) is 5.41 Å². The number of hydrogen-bond donors (Lipinski definition) is 2. The Balaban J connectivity index is 2.72. The third-order valence-electron chi connectivity index (χ3n) is 3.20. The van der Waals surface area contributed by atoms with E-state index in [2.05, 4.69) is 4.72 Å². The summed E-state index contributed by atoms with van der Waals surface area (Å²) >= 11 is 0. The first-order chi connectivity index (χ1) is 9.29. The quantitative estimate of drug-likeness (QED) is 0.807. The molecule has 0 aliphatic rings. The molecule has 1 unspecified atom stereocenters. The van der Waals surface area contributed by atoms with Gasteiger partial charge in [0.15, 0.2) is 0 Å². The van der Waals surface area contributed by atoms with Gasteiger partial charge in [-0.1, -0.05) is 37.3 Å². The molecule has 0 aliphatic carbocycles. The third-order valence-corrected chi connectivity index (χ3v) is 4.24. The molecule has 0 saturated heterocycles. The molecule has 0 aliphatic heterocycles. The van der Waals surface area contributed by atoms with Gasteiger partial charge in [-0.15, -0.1) is 0 Å². The smallest absolute Gasteiger partial charge is 0.310 e. The molecule has 110 valence electrons. The van der Waals surface area contributed by atoms with E-state index < -0.39 is 21.4 Å². The highest BCUT2D eigenvalue weighted by molar-refractivity contribution is 7.92. The predicted molar refractivity (Wildman–Crippen MR) is 78.4 cm³/mol. The lowest BCUT2D eigenvalue weighted by Gasteiger charge is -2.22. The Morgan fingerprint density at radius 1 is 1.35 bits per heavy atom. The van der Waals surface area contributed by atoms with E-state index in [1.54, 1.807) is 31.2 Å². The van der Waals surface area contributed by atoms with Crippen LogP contribution < -0.4 is 4.72 Å². The van der Waals surface area contributed by atoms with Crippen molar-refractivity contribution >= 4 is 22.1 Å². The van der Waals surface area contributed by atoms with Gasteiger partial charge in [-0.2, -0.15) is 0 Å². The van der Waals surface area contributed by atoms with Gasteiger partial charge in [-0.25, -0.2) is 13.1 Å². The number of rotatable bonds is 7. The Kier molecular flexibility index (Phi) is 5.47. The maximum absolute atomic E-state index is 11.8. The van der Waals surface area contributed by atoms with Crippen molar-refractivity contribution in [3.63, 3.8) is 0 Å². The van der Waals surface area contributed by atoms with Crippen molar-refractivity contribution in [3.05, 3.63) is 41.3 Å². The van der Waals surface area contributed by atoms with Gasteiger partial charge in [0.25, 0.3) is 0 Å². The normalized spacial score (nSPS) is 15.1. The van der Waals surface area contributed by atoms with E-state index >= 15 is 0 Å². The predicted octanol–water partition coefficient (Wildman–Crippen LogP) is 2.08. The molecule has 0 heterocycles. The first kappa shape index (κ1) is 16.4. The first-order valence-corrected chi connectivity index (χ1v) is 7.80. The minimum atomic E-state index is -3.65. The molecule has 0 amide bonds. The molecular weight excluding hydrogens is 278 g/mol. The summed E-state index contributed by atoms with van der Waals surface area (Å²) in [6.07, 6.45) is 1.81. The van der Waals surface area contributed by atoms with E-state index in [0.29, 0.717) is 6.42 Å². The number of carboxylic acid groups (broad SMARTS) is 1. The Bertz CT molecular complexity index is 580. The summed E-state index contributed by atoms with van der Waals surface area (Å²) in [4.78, 5) is 11.1. The molecule has 1 atom stereocenters. The molecular formula is C14H19NO4S. The summed E-state index contributed by atoms with van der Waals surface area (Å²) < 4.78 is 25.9. The molecule has 0 spiro atoms. The molecule has 0 aromatic heterocycles. The molecule has 1 rings (SSSR count). The van der Waals surface area contributed by atoms with Crippen LogP contribution in [0.5, 0.6) is 0 Å². The second-order valence-electron chi connectivity index (χ2n) is 4.80. The fourth-order valence-corrected chi connectivity index (χ4v) is 2.34. The van der Waals surface area contributed by atoms with Gasteiger partial charge >= 0.3 is 5.97 Å². The monoisotopic (exact) mass is 297 g/mol. The van der Waals surface area contributed by atoms with Crippen molar-refractivity contribution in [2.45, 2.75) is 20.3 Å². The molecule has 0 radical (unpaired) electrons. The Morgan fingerprint density at radius 2 is 1.95 bits per heavy atom. The standard InChI is InChI=1S/C14H19NO4S/c1-3-14(2,13(16)17)11-15-20(18,19)10-9-12-7-5-4-6-8-12/h4-10,15H,3,11H2,1-2H3,(H,16,17)/b10-9+. The van der Waals surface area contributed by atoms with Crippen molar-refractivity contribution < 1.29 is 18.3 Å². The zero-order chi connectivity index (χ0) is 15.2. The third kappa shape index (κ3) is 4.79. The van der Waals surface area contributed by atoms with Crippen LogP contribution in [0.2, 0.25) is 0 Å². The highest BCUT2D eigenvalue weighted by Crippen LogP contribution is 2.20. The van der Waals surface area contributed by atoms with Crippen LogP contribution in [0.1, 0.15) is 25.8 Å². The molecule has 1 aromatic carbocycles. The Labute approximate surface area is 119 Å². The van der Waals surface area contributed by atoms with Crippen LogP contribution in [0.25, 0.3) is 6.08 Å². The van der Waals surface area contributed by atoms with Gasteiger partial charge in [0.05, 0.1) is 5.41 Å². The van der Waals surface area contributed by atoms with E-state index in [9.17, 15) is 13.2 Å². The lowest BCUT2D eigenvalue weighted by Crippen LogP contribution is -2.39. The molecule has 1 aromatic rings. The molecule has 2 N–H and O–H groups in total. The van der Waals surface area contributed by atoms with Gasteiger partial charge in [0, 0.05) is 12.0 Å². The van der Waals surface area contributed by atoms with Crippen LogP contribution in [0.15, 0.2) is 35.7 Å². The molecule has 20 heavy (non-hydrogen) atoms. The fourth-order valence-electron chi connectivity index (χ4n) is 1.39. The number of sulfonamides is 1. The molecule has 0 bridgehead atoms. The van der Waals surface area contributed by atoms with Gasteiger partial charge in [0.1, 0.15) is 0 Å². The van der Waals surface area contributed by atoms with E-state index in [1.807, 2.05) is 6.07 Å². The first-order valence-electron chi connectivity index (χ1n) is 6.25. The van der Waals surface area contributed by atoms with Gasteiger partial charge in [0.2, 0.25) is 10.0 Å². The highest BCUT2D eigenvalue weighted by Gasteiger charge is 2.31. The number of carbonyl (C=O) groups is 1. The van der Waals surface area contributed by atoms with Crippen molar-refractivity contribution in [2.75, 3.05) is 6.54 Å². The summed E-state index contributed by atoms with van der Waals surface area (Å²) in [5.74, 6) is -1.02. The summed E-state index contributed by atoms with van der Waals surface area (Å²) in [5.41, 5.74) is -0.345. The van der Waals surface area contributed by atoms with Crippen LogP contribution in [-0.4, -0.2) is 26.0 Å². The highest BCUT2D eigenvalue weighted by atomic mass is 32.2. The number of hydrogen-bond acceptors (Lipinski definition) is 3. The van der Waals surface area contributed by atoms with Crippen LogP contribution in [0.4, 0.5) is 0 Å². The maximum Gasteiger partial charge on any atom is 0.310 e. The number of aliphatic carboxylic acids is 1. The van der Waals surface area contributed by atoms with E-state index in [0.717, 1.165) is 11.0 Å². The largest absolute Gasteiger partial charge is 0.481 e. The van der Waals surface area contributed by atoms with Crippen molar-refractivity contribution in [1.29, 1.82) is 0 Å². The van der Waals surface area contributed by atoms with Crippen molar-refractivity contribution in [3.8, 4) is 0 Å². The second-order valence-corrected chi connectivity index (χ2v) is 6.45. The maximum atomic E-state index is 11.8. The Hall–Kier alpha value is -1.66. The summed E-state index contributed by atoms with van der Waals surface area (Å²) in [5, 5.41) is 10.1. The van der Waals surface area contributed by atoms with E-state index in [4.69, 9.17) is 5.11 Å². The topological polar surface area (TPSA) is 83.5 Å². The zero-order valence-electron chi connectivity index (χ0n) is 11.5. The molecule has 6 heteroatoms. The van der Waals surface area contributed by atoms with Gasteiger partial charge in [-0.05, 0) is 25.0 Å². The van der Waals surface area contributed by atoms with E-state index in [-0.39, 0.29) is 6.54 Å². The minimum absolute atomic E-state index is 0.139. The molecule has 0 fully saturated rings. The Morgan fingerprint density at radius 3 is 2.45 bits per heavy atom. The van der Waals surface area contributed by atoms with Crippen LogP contribution in [-0.2, 0) is 14.8 Å². The average molecular weight is 297 g/mol. The van der Waals surface area contributed by atoms with Crippen LogP contribution >= 0.6 is 0 Å². The van der Waals surface area contributed by atoms with Gasteiger partial charge < -0.3 is 5.11 Å². The van der Waals surface area contributed by atoms with Gasteiger partial charge in [-0.3, -0.25) is 4.79 Å². The summed E-state index contributed by atoms with van der Waals surface area (Å²) in [7, 11) is -3.65. The van der Waals surface area contributed by atoms with Crippen molar-refractivity contribution in [1.82, 2.24) is 4.72 Å². The number of benzene rings is 1. The van der Waals surface area contributed by atoms with E-state index in [1.165, 1.54) is 13.0 Å². The summed E-state index contributed by atoms with van der Waals surface area (Å²) in [6, 6.07) is 9.00. The number of carboxylic acids is 1. The molecule has 5 nitrogen and oxygen atoms in total.